The van der Waals surface area contributed by atoms with Gasteiger partial charge in [0.25, 0.3) is 0 Å². The molecule has 2 aromatic rings. The van der Waals surface area contributed by atoms with Gasteiger partial charge in [-0.15, -0.1) is 0 Å². The highest BCUT2D eigenvalue weighted by Crippen LogP contribution is 2.20. The lowest BCUT2D eigenvalue weighted by atomic mass is 10.2. The summed E-state index contributed by atoms with van der Waals surface area (Å²) in [6.45, 7) is 5.08. The van der Waals surface area contributed by atoms with Crippen LogP contribution >= 0.6 is 23.8 Å². The van der Waals surface area contributed by atoms with Crippen molar-refractivity contribution in [2.75, 3.05) is 18.4 Å². The maximum Gasteiger partial charge on any atom is 0.171 e. The second-order valence-corrected chi connectivity index (χ2v) is 7.08. The Morgan fingerprint density at radius 3 is 2.79 bits per heavy atom. The molecule has 126 valence electrons. The number of hydrogen-bond acceptors (Lipinski definition) is 2. The molecule has 1 atom stereocenters. The van der Waals surface area contributed by atoms with Crippen molar-refractivity contribution in [1.82, 2.24) is 10.2 Å². The molecule has 1 fully saturated rings. The van der Waals surface area contributed by atoms with Crippen LogP contribution in [0.3, 0.4) is 0 Å². The predicted octanol–water partition coefficient (Wildman–Crippen LogP) is 4.21. The average Bonchev–Trinajstić information content (AvgIpc) is 2.99. The molecule has 0 aliphatic carbocycles. The number of benzene rings is 2. The van der Waals surface area contributed by atoms with E-state index in [-0.39, 0.29) is 0 Å². The summed E-state index contributed by atoms with van der Waals surface area (Å²) in [7, 11) is 0. The normalized spacial score (nSPS) is 17.7. The fourth-order valence-corrected chi connectivity index (χ4v) is 3.42. The van der Waals surface area contributed by atoms with Gasteiger partial charge in [-0.1, -0.05) is 48.0 Å². The van der Waals surface area contributed by atoms with Crippen LogP contribution in [0.25, 0.3) is 0 Å². The van der Waals surface area contributed by atoms with E-state index >= 15 is 0 Å². The summed E-state index contributed by atoms with van der Waals surface area (Å²) in [6.07, 6.45) is 1.10. The van der Waals surface area contributed by atoms with Crippen LogP contribution in [0.1, 0.15) is 17.5 Å². The third-order valence-electron chi connectivity index (χ3n) is 4.29. The Balaban J connectivity index is 1.48. The average molecular weight is 360 g/mol. The van der Waals surface area contributed by atoms with Crippen molar-refractivity contribution >= 4 is 34.6 Å². The number of anilines is 1. The van der Waals surface area contributed by atoms with Crippen molar-refractivity contribution in [3.63, 3.8) is 0 Å². The highest BCUT2D eigenvalue weighted by molar-refractivity contribution is 7.80. The monoisotopic (exact) mass is 359 g/mol. The Labute approximate surface area is 154 Å². The molecule has 0 bridgehead atoms. The molecule has 0 spiro atoms. The van der Waals surface area contributed by atoms with E-state index in [2.05, 4.69) is 45.9 Å². The third-order valence-corrected chi connectivity index (χ3v) is 4.91. The van der Waals surface area contributed by atoms with Crippen LogP contribution in [0.2, 0.25) is 5.02 Å². The van der Waals surface area contributed by atoms with Crippen LogP contribution in [0, 0.1) is 6.92 Å². The van der Waals surface area contributed by atoms with Crippen molar-refractivity contribution in [3.05, 3.63) is 64.7 Å². The fourth-order valence-electron chi connectivity index (χ4n) is 2.96. The van der Waals surface area contributed by atoms with Gasteiger partial charge in [-0.3, -0.25) is 4.90 Å². The number of rotatable bonds is 4. The molecule has 1 aliphatic heterocycles. The van der Waals surface area contributed by atoms with E-state index in [1.165, 1.54) is 5.56 Å². The number of nitrogens with one attached hydrogen (secondary N) is 2. The van der Waals surface area contributed by atoms with E-state index in [4.69, 9.17) is 23.8 Å². The quantitative estimate of drug-likeness (QED) is 0.800. The first-order chi connectivity index (χ1) is 11.6. The standard InChI is InChI=1S/C19H22ClN3S/c1-14-7-8-16(11-18(14)20)21-19(24)22-17-9-10-23(13-17)12-15-5-3-2-4-6-15/h2-8,11,17H,9-10,12-13H2,1H3,(H2,21,22,24)/t17-/m1/s1. The van der Waals surface area contributed by atoms with E-state index in [9.17, 15) is 0 Å². The number of aryl methyl sites for hydroxylation is 1. The summed E-state index contributed by atoms with van der Waals surface area (Å²) in [5.74, 6) is 0. The summed E-state index contributed by atoms with van der Waals surface area (Å²) in [4.78, 5) is 2.46. The van der Waals surface area contributed by atoms with Crippen LogP contribution < -0.4 is 10.6 Å². The molecule has 3 nitrogen and oxygen atoms in total. The van der Waals surface area contributed by atoms with Gasteiger partial charge in [-0.2, -0.15) is 0 Å². The number of thiocarbonyl (C=S) groups is 1. The van der Waals surface area contributed by atoms with Crippen molar-refractivity contribution in [3.8, 4) is 0 Å². The second kappa shape index (κ2) is 7.97. The predicted molar refractivity (Wildman–Crippen MR) is 106 cm³/mol. The van der Waals surface area contributed by atoms with Crippen LogP contribution in [-0.2, 0) is 6.54 Å². The van der Waals surface area contributed by atoms with E-state index in [1.54, 1.807) is 0 Å². The van der Waals surface area contributed by atoms with Gasteiger partial charge in [0.1, 0.15) is 0 Å². The summed E-state index contributed by atoms with van der Waals surface area (Å²) >= 11 is 11.6. The zero-order valence-corrected chi connectivity index (χ0v) is 15.3. The summed E-state index contributed by atoms with van der Waals surface area (Å²) in [5, 5.41) is 8.03. The molecular weight excluding hydrogens is 338 g/mol. The summed E-state index contributed by atoms with van der Waals surface area (Å²) < 4.78 is 0. The molecule has 1 saturated heterocycles. The molecule has 1 heterocycles. The van der Waals surface area contributed by atoms with E-state index in [1.807, 2.05) is 25.1 Å². The Hall–Kier alpha value is -1.62. The van der Waals surface area contributed by atoms with Crippen LogP contribution in [0.5, 0.6) is 0 Å². The first-order valence-corrected chi connectivity index (χ1v) is 8.99. The van der Waals surface area contributed by atoms with Gasteiger partial charge in [0.05, 0.1) is 0 Å². The van der Waals surface area contributed by atoms with E-state index < -0.39 is 0 Å². The summed E-state index contributed by atoms with van der Waals surface area (Å²) in [6, 6.07) is 16.9. The van der Waals surface area contributed by atoms with E-state index in [0.29, 0.717) is 11.2 Å². The molecule has 0 aromatic heterocycles. The summed E-state index contributed by atoms with van der Waals surface area (Å²) in [5.41, 5.74) is 3.34. The molecule has 3 rings (SSSR count). The van der Waals surface area contributed by atoms with Crippen molar-refractivity contribution < 1.29 is 0 Å². The lowest BCUT2D eigenvalue weighted by Crippen LogP contribution is -2.39. The molecule has 0 saturated carbocycles. The lowest BCUT2D eigenvalue weighted by molar-refractivity contribution is 0.324. The molecule has 24 heavy (non-hydrogen) atoms. The molecule has 2 aromatic carbocycles. The molecule has 2 N–H and O–H groups in total. The van der Waals surface area contributed by atoms with Crippen LogP contribution in [0.4, 0.5) is 5.69 Å². The number of likely N-dealkylation sites (tertiary alicyclic amines) is 1. The van der Waals surface area contributed by atoms with Gasteiger partial charge in [0, 0.05) is 36.4 Å². The lowest BCUT2D eigenvalue weighted by Gasteiger charge is -2.18. The van der Waals surface area contributed by atoms with Gasteiger partial charge >= 0.3 is 0 Å². The van der Waals surface area contributed by atoms with Crippen molar-refractivity contribution in [1.29, 1.82) is 0 Å². The molecule has 0 amide bonds. The second-order valence-electron chi connectivity index (χ2n) is 6.27. The number of nitrogens with zero attached hydrogens (tertiary/aromatic N) is 1. The van der Waals surface area contributed by atoms with Crippen molar-refractivity contribution in [2.24, 2.45) is 0 Å². The third kappa shape index (κ3) is 4.69. The molecule has 0 radical (unpaired) electrons. The van der Waals surface area contributed by atoms with Gasteiger partial charge in [-0.05, 0) is 48.8 Å². The first kappa shape index (κ1) is 17.2. The largest absolute Gasteiger partial charge is 0.358 e. The smallest absolute Gasteiger partial charge is 0.171 e. The minimum atomic E-state index is 0.384. The zero-order valence-electron chi connectivity index (χ0n) is 13.8. The maximum atomic E-state index is 6.15. The molecule has 5 heteroatoms. The minimum absolute atomic E-state index is 0.384. The maximum absolute atomic E-state index is 6.15. The Bertz CT molecular complexity index is 705. The number of hydrogen-bond donors (Lipinski definition) is 2. The molecule has 1 aliphatic rings. The first-order valence-electron chi connectivity index (χ1n) is 8.20. The Kier molecular flexibility index (Phi) is 5.72. The molecular formula is C19H22ClN3S. The Morgan fingerprint density at radius 2 is 2.04 bits per heavy atom. The van der Waals surface area contributed by atoms with E-state index in [0.717, 1.165) is 42.3 Å². The Morgan fingerprint density at radius 1 is 1.25 bits per heavy atom. The topological polar surface area (TPSA) is 27.3 Å². The highest BCUT2D eigenvalue weighted by atomic mass is 35.5. The number of halogens is 1. The molecule has 0 unspecified atom stereocenters. The SMILES string of the molecule is Cc1ccc(NC(=S)N[C@@H]2CCN(Cc3ccccc3)C2)cc1Cl. The van der Waals surface area contributed by atoms with Gasteiger partial charge < -0.3 is 10.6 Å². The minimum Gasteiger partial charge on any atom is -0.358 e. The fraction of sp³-hybridized carbons (Fsp3) is 0.316. The van der Waals surface area contributed by atoms with Crippen LogP contribution in [-0.4, -0.2) is 29.1 Å². The van der Waals surface area contributed by atoms with Crippen LogP contribution in [0.15, 0.2) is 48.5 Å². The van der Waals surface area contributed by atoms with Gasteiger partial charge in [0.2, 0.25) is 0 Å². The van der Waals surface area contributed by atoms with Gasteiger partial charge in [-0.25, -0.2) is 0 Å². The zero-order chi connectivity index (χ0) is 16.9. The highest BCUT2D eigenvalue weighted by Gasteiger charge is 2.22. The van der Waals surface area contributed by atoms with Crippen molar-refractivity contribution in [2.45, 2.75) is 25.9 Å². The van der Waals surface area contributed by atoms with Gasteiger partial charge in [0.15, 0.2) is 5.11 Å².